The van der Waals surface area contributed by atoms with Crippen LogP contribution in [0.4, 0.5) is 0 Å². The van der Waals surface area contributed by atoms with Gasteiger partial charge in [0, 0.05) is 18.6 Å². The van der Waals surface area contributed by atoms with Gasteiger partial charge in [0.1, 0.15) is 0 Å². The third-order valence-corrected chi connectivity index (χ3v) is 3.79. The van der Waals surface area contributed by atoms with E-state index in [2.05, 4.69) is 5.32 Å². The molecule has 0 radical (unpaired) electrons. The Labute approximate surface area is 105 Å². The Morgan fingerprint density at radius 2 is 2.00 bits per heavy atom. The van der Waals surface area contributed by atoms with E-state index in [1.54, 1.807) is 0 Å². The van der Waals surface area contributed by atoms with Crippen LogP contribution in [0.1, 0.15) is 58.8 Å². The Balaban J connectivity index is 2.20. The first kappa shape index (κ1) is 14.5. The van der Waals surface area contributed by atoms with E-state index in [1.165, 1.54) is 25.7 Å². The van der Waals surface area contributed by atoms with Gasteiger partial charge in [0.05, 0.1) is 0 Å². The second-order valence-electron chi connectivity index (χ2n) is 5.56. The van der Waals surface area contributed by atoms with Crippen molar-refractivity contribution < 1.29 is 9.90 Å². The average molecular weight is 241 g/mol. The van der Waals surface area contributed by atoms with Gasteiger partial charge in [0.15, 0.2) is 0 Å². The van der Waals surface area contributed by atoms with E-state index < -0.39 is 0 Å². The third-order valence-electron chi connectivity index (χ3n) is 3.79. The van der Waals surface area contributed by atoms with Crippen LogP contribution in [-0.4, -0.2) is 23.7 Å². The SMILES string of the molecule is CC(CCCO)NC(=O)C(C)CC1CCCC1. The number of hydrogen-bond acceptors (Lipinski definition) is 2. The number of rotatable bonds is 7. The summed E-state index contributed by atoms with van der Waals surface area (Å²) in [5.41, 5.74) is 0. The summed E-state index contributed by atoms with van der Waals surface area (Å²) in [4.78, 5) is 11.9. The molecule has 1 aliphatic rings. The molecule has 2 atom stereocenters. The first-order valence-corrected chi connectivity index (χ1v) is 7.04. The largest absolute Gasteiger partial charge is 0.396 e. The standard InChI is InChI=1S/C14H27NO2/c1-11(10-13-7-3-4-8-13)14(17)15-12(2)6-5-9-16/h11-13,16H,3-10H2,1-2H3,(H,15,17). The van der Waals surface area contributed by atoms with Crippen LogP contribution in [0.2, 0.25) is 0 Å². The van der Waals surface area contributed by atoms with Crippen LogP contribution < -0.4 is 5.32 Å². The highest BCUT2D eigenvalue weighted by molar-refractivity contribution is 5.78. The number of hydrogen-bond donors (Lipinski definition) is 2. The molecule has 0 aromatic heterocycles. The molecule has 0 heterocycles. The fourth-order valence-corrected chi connectivity index (χ4v) is 2.71. The van der Waals surface area contributed by atoms with Crippen LogP contribution in [0.25, 0.3) is 0 Å². The first-order chi connectivity index (χ1) is 8.13. The highest BCUT2D eigenvalue weighted by Crippen LogP contribution is 2.30. The zero-order valence-electron chi connectivity index (χ0n) is 11.2. The van der Waals surface area contributed by atoms with E-state index in [1.807, 2.05) is 13.8 Å². The molecule has 17 heavy (non-hydrogen) atoms. The lowest BCUT2D eigenvalue weighted by atomic mass is 9.94. The lowest BCUT2D eigenvalue weighted by Gasteiger charge is -2.19. The topological polar surface area (TPSA) is 49.3 Å². The number of aliphatic hydroxyl groups excluding tert-OH is 1. The number of aliphatic hydroxyl groups is 1. The molecule has 0 saturated heterocycles. The fraction of sp³-hybridized carbons (Fsp3) is 0.929. The van der Waals surface area contributed by atoms with Gasteiger partial charge in [-0.3, -0.25) is 4.79 Å². The van der Waals surface area contributed by atoms with Crippen LogP contribution in [0.15, 0.2) is 0 Å². The van der Waals surface area contributed by atoms with Gasteiger partial charge in [-0.15, -0.1) is 0 Å². The molecular weight excluding hydrogens is 214 g/mol. The molecule has 0 aromatic carbocycles. The predicted octanol–water partition coefficient (Wildman–Crippen LogP) is 2.48. The van der Waals surface area contributed by atoms with Crippen molar-refractivity contribution in [2.45, 2.75) is 64.8 Å². The molecule has 2 unspecified atom stereocenters. The number of carbonyl (C=O) groups excluding carboxylic acids is 1. The molecule has 3 heteroatoms. The van der Waals surface area contributed by atoms with Crippen molar-refractivity contribution in [1.82, 2.24) is 5.32 Å². The molecule has 2 N–H and O–H groups in total. The van der Waals surface area contributed by atoms with Crippen LogP contribution in [0, 0.1) is 11.8 Å². The minimum Gasteiger partial charge on any atom is -0.396 e. The van der Waals surface area contributed by atoms with Gasteiger partial charge in [-0.05, 0) is 32.1 Å². The van der Waals surface area contributed by atoms with Crippen LogP contribution in [-0.2, 0) is 4.79 Å². The van der Waals surface area contributed by atoms with Crippen molar-refractivity contribution in [3.63, 3.8) is 0 Å². The van der Waals surface area contributed by atoms with Gasteiger partial charge in [0.2, 0.25) is 5.91 Å². The molecule has 1 saturated carbocycles. The van der Waals surface area contributed by atoms with Gasteiger partial charge < -0.3 is 10.4 Å². The lowest BCUT2D eigenvalue weighted by molar-refractivity contribution is -0.125. The Hall–Kier alpha value is -0.570. The maximum absolute atomic E-state index is 11.9. The predicted molar refractivity (Wildman–Crippen MR) is 69.7 cm³/mol. The molecule has 0 spiro atoms. The van der Waals surface area contributed by atoms with Crippen molar-refractivity contribution in [3.8, 4) is 0 Å². The van der Waals surface area contributed by atoms with E-state index in [4.69, 9.17) is 5.11 Å². The maximum atomic E-state index is 11.9. The average Bonchev–Trinajstić information content (AvgIpc) is 2.78. The minimum absolute atomic E-state index is 0.134. The van der Waals surface area contributed by atoms with Crippen molar-refractivity contribution in [2.24, 2.45) is 11.8 Å². The quantitative estimate of drug-likeness (QED) is 0.719. The van der Waals surface area contributed by atoms with E-state index in [0.29, 0.717) is 0 Å². The van der Waals surface area contributed by atoms with Gasteiger partial charge in [-0.2, -0.15) is 0 Å². The van der Waals surface area contributed by atoms with Crippen LogP contribution in [0.5, 0.6) is 0 Å². The second kappa shape index (κ2) is 7.70. The summed E-state index contributed by atoms with van der Waals surface area (Å²) in [6, 6.07) is 0.181. The molecule has 1 fully saturated rings. The first-order valence-electron chi connectivity index (χ1n) is 7.04. The molecule has 1 rings (SSSR count). The Bertz CT molecular complexity index is 224. The molecular formula is C14H27NO2. The molecule has 1 aliphatic carbocycles. The van der Waals surface area contributed by atoms with Crippen molar-refractivity contribution in [3.05, 3.63) is 0 Å². The summed E-state index contributed by atoms with van der Waals surface area (Å²) in [6.45, 7) is 4.25. The fourth-order valence-electron chi connectivity index (χ4n) is 2.71. The maximum Gasteiger partial charge on any atom is 0.223 e. The zero-order valence-corrected chi connectivity index (χ0v) is 11.2. The Morgan fingerprint density at radius 1 is 1.35 bits per heavy atom. The van der Waals surface area contributed by atoms with E-state index in [0.717, 1.165) is 25.2 Å². The van der Waals surface area contributed by atoms with Gasteiger partial charge in [-0.25, -0.2) is 0 Å². The Morgan fingerprint density at radius 3 is 2.59 bits per heavy atom. The van der Waals surface area contributed by atoms with Crippen molar-refractivity contribution in [2.75, 3.05) is 6.61 Å². The summed E-state index contributed by atoms with van der Waals surface area (Å²) < 4.78 is 0. The summed E-state index contributed by atoms with van der Waals surface area (Å²) in [7, 11) is 0. The summed E-state index contributed by atoms with van der Waals surface area (Å²) >= 11 is 0. The van der Waals surface area contributed by atoms with Gasteiger partial charge in [0.25, 0.3) is 0 Å². The smallest absolute Gasteiger partial charge is 0.223 e. The number of amides is 1. The molecule has 3 nitrogen and oxygen atoms in total. The monoisotopic (exact) mass is 241 g/mol. The highest BCUT2D eigenvalue weighted by atomic mass is 16.2. The van der Waals surface area contributed by atoms with E-state index in [9.17, 15) is 4.79 Å². The molecule has 100 valence electrons. The van der Waals surface area contributed by atoms with Crippen LogP contribution in [0.3, 0.4) is 0 Å². The summed E-state index contributed by atoms with van der Waals surface area (Å²) in [6.07, 6.45) is 7.95. The third kappa shape index (κ3) is 5.53. The van der Waals surface area contributed by atoms with Crippen molar-refractivity contribution in [1.29, 1.82) is 0 Å². The van der Waals surface area contributed by atoms with Crippen molar-refractivity contribution >= 4 is 5.91 Å². The van der Waals surface area contributed by atoms with E-state index in [-0.39, 0.29) is 24.5 Å². The minimum atomic E-state index is 0.134. The van der Waals surface area contributed by atoms with Gasteiger partial charge >= 0.3 is 0 Å². The summed E-state index contributed by atoms with van der Waals surface area (Å²) in [5.74, 6) is 1.08. The molecule has 0 bridgehead atoms. The molecule has 0 aromatic rings. The zero-order chi connectivity index (χ0) is 12.7. The Kier molecular flexibility index (Phi) is 6.56. The van der Waals surface area contributed by atoms with Crippen LogP contribution >= 0.6 is 0 Å². The summed E-state index contributed by atoms with van der Waals surface area (Å²) in [5, 5.41) is 11.8. The second-order valence-corrected chi connectivity index (χ2v) is 5.56. The molecule has 0 aliphatic heterocycles. The lowest BCUT2D eigenvalue weighted by Crippen LogP contribution is -2.37. The number of nitrogens with one attached hydrogen (secondary N) is 1. The normalized spacial score (nSPS) is 20.2. The van der Waals surface area contributed by atoms with Gasteiger partial charge in [-0.1, -0.05) is 32.6 Å². The number of carbonyl (C=O) groups is 1. The van der Waals surface area contributed by atoms with E-state index >= 15 is 0 Å². The molecule has 1 amide bonds. The highest BCUT2D eigenvalue weighted by Gasteiger charge is 2.22.